The first kappa shape index (κ1) is 19.3. The van der Waals surface area contributed by atoms with Crippen molar-refractivity contribution in [1.29, 1.82) is 0 Å². The Bertz CT molecular complexity index is 884. The largest absolute Gasteiger partial charge is 0.492 e. The van der Waals surface area contributed by atoms with Crippen molar-refractivity contribution >= 4 is 33.5 Å². The predicted octanol–water partition coefficient (Wildman–Crippen LogP) is 2.79. The summed E-state index contributed by atoms with van der Waals surface area (Å²) >= 11 is 0. The third kappa shape index (κ3) is 4.96. The van der Waals surface area contributed by atoms with Gasteiger partial charge in [-0.25, -0.2) is 18.0 Å². The van der Waals surface area contributed by atoms with Crippen LogP contribution in [0.2, 0.25) is 0 Å². The number of benzene rings is 2. The van der Waals surface area contributed by atoms with Crippen LogP contribution in [-0.2, 0) is 10.0 Å². The monoisotopic (exact) mass is 377 g/mol. The first-order valence-corrected chi connectivity index (χ1v) is 9.57. The van der Waals surface area contributed by atoms with Crippen LogP contribution in [0.5, 0.6) is 5.75 Å². The van der Waals surface area contributed by atoms with E-state index in [-0.39, 0.29) is 5.69 Å². The van der Waals surface area contributed by atoms with E-state index in [9.17, 15) is 18.0 Å². The summed E-state index contributed by atoms with van der Waals surface area (Å²) in [6, 6.07) is 12.4. The Labute approximate surface area is 151 Å². The highest BCUT2D eigenvalue weighted by Gasteiger charge is 2.26. The van der Waals surface area contributed by atoms with Crippen molar-refractivity contribution in [2.24, 2.45) is 0 Å². The fourth-order valence-corrected chi connectivity index (χ4v) is 3.03. The number of carbonyl (C=O) groups is 2. The van der Waals surface area contributed by atoms with Gasteiger partial charge in [0.25, 0.3) is 0 Å². The van der Waals surface area contributed by atoms with E-state index in [0.717, 1.165) is 6.26 Å². The molecule has 0 unspecified atom stereocenters. The molecule has 0 saturated carbocycles. The van der Waals surface area contributed by atoms with Gasteiger partial charge in [-0.3, -0.25) is 5.32 Å². The SMILES string of the molecule is CCOc1ccccc1NC(=O)NC(=O)N(c1ccccc1)S(C)(=O)=O. The highest BCUT2D eigenvalue weighted by molar-refractivity contribution is 7.92. The van der Waals surface area contributed by atoms with Gasteiger partial charge in [0.05, 0.1) is 24.2 Å². The number of para-hydroxylation sites is 3. The third-order valence-electron chi connectivity index (χ3n) is 3.16. The third-order valence-corrected chi connectivity index (χ3v) is 4.20. The molecule has 0 atom stereocenters. The van der Waals surface area contributed by atoms with Crippen molar-refractivity contribution in [3.05, 3.63) is 54.6 Å². The molecule has 0 aliphatic heterocycles. The Morgan fingerprint density at radius 2 is 1.65 bits per heavy atom. The highest BCUT2D eigenvalue weighted by Crippen LogP contribution is 2.23. The van der Waals surface area contributed by atoms with Crippen LogP contribution < -0.4 is 19.7 Å². The lowest BCUT2D eigenvalue weighted by molar-refractivity contribution is 0.238. The number of hydrogen-bond acceptors (Lipinski definition) is 5. The first-order valence-electron chi connectivity index (χ1n) is 7.72. The van der Waals surface area contributed by atoms with Gasteiger partial charge in [0.15, 0.2) is 0 Å². The maximum absolute atomic E-state index is 12.3. The number of amides is 4. The lowest BCUT2D eigenvalue weighted by atomic mass is 10.3. The van der Waals surface area contributed by atoms with E-state index in [1.165, 1.54) is 12.1 Å². The Kier molecular flexibility index (Phi) is 6.18. The van der Waals surface area contributed by atoms with E-state index in [4.69, 9.17) is 4.74 Å². The lowest BCUT2D eigenvalue weighted by Crippen LogP contribution is -2.47. The molecule has 2 aromatic rings. The summed E-state index contributed by atoms with van der Waals surface area (Å²) in [5, 5.41) is 4.47. The van der Waals surface area contributed by atoms with E-state index < -0.39 is 22.1 Å². The van der Waals surface area contributed by atoms with Gasteiger partial charge in [-0.1, -0.05) is 30.3 Å². The summed E-state index contributed by atoms with van der Waals surface area (Å²) in [4.78, 5) is 24.5. The second-order valence-corrected chi connectivity index (χ2v) is 7.01. The van der Waals surface area contributed by atoms with Gasteiger partial charge >= 0.3 is 12.1 Å². The van der Waals surface area contributed by atoms with E-state index in [2.05, 4.69) is 5.32 Å². The van der Waals surface area contributed by atoms with Gasteiger partial charge in [0.2, 0.25) is 10.0 Å². The average molecular weight is 377 g/mol. The van der Waals surface area contributed by atoms with E-state index in [1.54, 1.807) is 49.4 Å². The molecule has 0 bridgehead atoms. The molecule has 0 aliphatic carbocycles. The van der Waals surface area contributed by atoms with E-state index in [1.807, 2.05) is 5.32 Å². The Morgan fingerprint density at radius 3 is 2.27 bits per heavy atom. The summed E-state index contributed by atoms with van der Waals surface area (Å²) in [6.45, 7) is 2.19. The maximum Gasteiger partial charge on any atom is 0.343 e. The lowest BCUT2D eigenvalue weighted by Gasteiger charge is -2.20. The number of nitrogens with zero attached hydrogens (tertiary/aromatic N) is 1. The topological polar surface area (TPSA) is 105 Å². The van der Waals surface area contributed by atoms with Crippen molar-refractivity contribution in [2.75, 3.05) is 22.5 Å². The molecule has 0 fully saturated rings. The molecule has 26 heavy (non-hydrogen) atoms. The summed E-state index contributed by atoms with van der Waals surface area (Å²) in [5.41, 5.74) is 0.472. The Balaban J connectivity index is 2.16. The summed E-state index contributed by atoms with van der Waals surface area (Å²) in [7, 11) is -3.94. The summed E-state index contributed by atoms with van der Waals surface area (Å²) < 4.78 is 29.8. The van der Waals surface area contributed by atoms with Gasteiger partial charge in [-0.2, -0.15) is 4.31 Å². The second kappa shape index (κ2) is 8.34. The van der Waals surface area contributed by atoms with Gasteiger partial charge in [-0.15, -0.1) is 0 Å². The molecule has 9 heteroatoms. The molecule has 0 aliphatic rings. The standard InChI is InChI=1S/C17H19N3O5S/c1-3-25-15-12-8-7-11-14(15)18-16(21)19-17(22)20(26(2,23)24)13-9-5-4-6-10-13/h4-12H,3H2,1-2H3,(H2,18,19,21,22). The molecule has 0 saturated heterocycles. The fourth-order valence-electron chi connectivity index (χ4n) is 2.18. The number of carbonyl (C=O) groups excluding carboxylic acids is 2. The van der Waals surface area contributed by atoms with Crippen molar-refractivity contribution in [1.82, 2.24) is 5.32 Å². The van der Waals surface area contributed by atoms with E-state index >= 15 is 0 Å². The molecule has 0 spiro atoms. The van der Waals surface area contributed by atoms with Crippen molar-refractivity contribution in [2.45, 2.75) is 6.92 Å². The number of ether oxygens (including phenoxy) is 1. The molecule has 0 aromatic heterocycles. The highest BCUT2D eigenvalue weighted by atomic mass is 32.2. The van der Waals surface area contributed by atoms with Crippen LogP contribution in [0.15, 0.2) is 54.6 Å². The Hall–Kier alpha value is -3.07. The van der Waals surface area contributed by atoms with Gasteiger partial charge < -0.3 is 10.1 Å². The number of urea groups is 2. The zero-order chi connectivity index (χ0) is 19.2. The molecule has 0 heterocycles. The van der Waals surface area contributed by atoms with Crippen LogP contribution >= 0.6 is 0 Å². The predicted molar refractivity (Wildman–Crippen MR) is 98.9 cm³/mol. The molecule has 4 amide bonds. The normalized spacial score (nSPS) is 10.7. The second-order valence-electron chi connectivity index (χ2n) is 5.18. The number of nitrogens with one attached hydrogen (secondary N) is 2. The van der Waals surface area contributed by atoms with Crippen LogP contribution in [0.4, 0.5) is 21.0 Å². The number of anilines is 2. The summed E-state index contributed by atoms with van der Waals surface area (Å²) in [5.74, 6) is 0.431. The van der Waals surface area contributed by atoms with Gasteiger partial charge in [0, 0.05) is 0 Å². The van der Waals surface area contributed by atoms with Crippen LogP contribution in [-0.4, -0.2) is 33.3 Å². The van der Waals surface area contributed by atoms with Crippen LogP contribution in [0, 0.1) is 0 Å². The van der Waals surface area contributed by atoms with Crippen LogP contribution in [0.3, 0.4) is 0 Å². The molecule has 138 valence electrons. The van der Waals surface area contributed by atoms with E-state index in [0.29, 0.717) is 22.3 Å². The number of sulfonamides is 1. The first-order chi connectivity index (χ1) is 12.3. The van der Waals surface area contributed by atoms with Crippen LogP contribution in [0.1, 0.15) is 6.92 Å². The van der Waals surface area contributed by atoms with Gasteiger partial charge in [-0.05, 0) is 31.2 Å². The van der Waals surface area contributed by atoms with Crippen LogP contribution in [0.25, 0.3) is 0 Å². The van der Waals surface area contributed by atoms with Crippen molar-refractivity contribution in [3.63, 3.8) is 0 Å². The van der Waals surface area contributed by atoms with Gasteiger partial charge in [0.1, 0.15) is 5.75 Å². The smallest absolute Gasteiger partial charge is 0.343 e. The molecule has 2 aromatic carbocycles. The number of imide groups is 1. The molecule has 2 N–H and O–H groups in total. The average Bonchev–Trinajstić information content (AvgIpc) is 2.56. The molecule has 0 radical (unpaired) electrons. The molecular formula is C17H19N3O5S. The zero-order valence-electron chi connectivity index (χ0n) is 14.3. The molecular weight excluding hydrogens is 358 g/mol. The quantitative estimate of drug-likeness (QED) is 0.834. The fraction of sp³-hybridized carbons (Fsp3) is 0.176. The number of rotatable bonds is 5. The molecule has 8 nitrogen and oxygen atoms in total. The minimum atomic E-state index is -3.94. The molecule has 2 rings (SSSR count). The van der Waals surface area contributed by atoms with Crippen molar-refractivity contribution < 1.29 is 22.7 Å². The number of hydrogen-bond donors (Lipinski definition) is 2. The van der Waals surface area contributed by atoms with Crippen molar-refractivity contribution in [3.8, 4) is 5.75 Å². The summed E-state index contributed by atoms with van der Waals surface area (Å²) in [6.07, 6.45) is 0.877. The minimum absolute atomic E-state index is 0.120. The minimum Gasteiger partial charge on any atom is -0.492 e. The Morgan fingerprint density at radius 1 is 1.04 bits per heavy atom. The maximum atomic E-state index is 12.3. The zero-order valence-corrected chi connectivity index (χ0v) is 15.1.